The van der Waals surface area contributed by atoms with Crippen LogP contribution in [-0.4, -0.2) is 13.6 Å². The van der Waals surface area contributed by atoms with Crippen LogP contribution in [0.2, 0.25) is 0 Å². The predicted molar refractivity (Wildman–Crippen MR) is 86.2 cm³/mol. The molecule has 20 heavy (non-hydrogen) atoms. The second kappa shape index (κ2) is 6.76. The molecular weight excluding hydrogens is 242 g/mol. The van der Waals surface area contributed by atoms with E-state index < -0.39 is 0 Å². The number of hydrogen-bond acceptors (Lipinski definition) is 1. The van der Waals surface area contributed by atoms with Crippen molar-refractivity contribution in [3.63, 3.8) is 0 Å². The van der Waals surface area contributed by atoms with Crippen LogP contribution >= 0.6 is 0 Å². The zero-order valence-corrected chi connectivity index (χ0v) is 13.0. The summed E-state index contributed by atoms with van der Waals surface area (Å²) in [6.45, 7) is 1.20. The summed E-state index contributed by atoms with van der Waals surface area (Å²) in [6, 6.07) is 7.33. The lowest BCUT2D eigenvalue weighted by molar-refractivity contribution is 0.304. The molecule has 1 heteroatoms. The SMILES string of the molecule is CNCC1CCCCCC1Cc1ccc2c(c1)CCC2. The Bertz CT molecular complexity index is 437. The van der Waals surface area contributed by atoms with Gasteiger partial charge in [0.2, 0.25) is 0 Å². The van der Waals surface area contributed by atoms with Gasteiger partial charge < -0.3 is 5.32 Å². The van der Waals surface area contributed by atoms with Crippen molar-refractivity contribution in [1.82, 2.24) is 5.32 Å². The lowest BCUT2D eigenvalue weighted by atomic mass is 9.83. The lowest BCUT2D eigenvalue weighted by Crippen LogP contribution is -2.26. The average Bonchev–Trinajstić information content (AvgIpc) is 2.82. The molecule has 0 aromatic heterocycles. The van der Waals surface area contributed by atoms with Crippen LogP contribution in [0.15, 0.2) is 18.2 Å². The fourth-order valence-electron chi connectivity index (χ4n) is 4.32. The molecule has 1 aromatic carbocycles. The molecule has 0 bridgehead atoms. The van der Waals surface area contributed by atoms with Gasteiger partial charge in [0.05, 0.1) is 0 Å². The fraction of sp³-hybridized carbons (Fsp3) is 0.684. The number of rotatable bonds is 4. The average molecular weight is 271 g/mol. The van der Waals surface area contributed by atoms with E-state index >= 15 is 0 Å². The van der Waals surface area contributed by atoms with Crippen LogP contribution in [0.5, 0.6) is 0 Å². The van der Waals surface area contributed by atoms with Crippen molar-refractivity contribution < 1.29 is 0 Å². The van der Waals surface area contributed by atoms with E-state index in [0.717, 1.165) is 11.8 Å². The van der Waals surface area contributed by atoms with Crippen molar-refractivity contribution in [1.29, 1.82) is 0 Å². The third-order valence-corrected chi connectivity index (χ3v) is 5.44. The van der Waals surface area contributed by atoms with Crippen molar-refractivity contribution >= 4 is 0 Å². The minimum Gasteiger partial charge on any atom is -0.319 e. The molecule has 0 amide bonds. The molecule has 1 nitrogen and oxygen atoms in total. The van der Waals surface area contributed by atoms with Crippen molar-refractivity contribution in [3.05, 3.63) is 34.9 Å². The van der Waals surface area contributed by atoms with Crippen molar-refractivity contribution in [3.8, 4) is 0 Å². The second-order valence-electron chi connectivity index (χ2n) is 6.88. The van der Waals surface area contributed by atoms with Gasteiger partial charge in [0.25, 0.3) is 0 Å². The molecule has 3 rings (SSSR count). The molecule has 2 atom stereocenters. The van der Waals surface area contributed by atoms with Crippen LogP contribution in [0.4, 0.5) is 0 Å². The van der Waals surface area contributed by atoms with Gasteiger partial charge in [0.15, 0.2) is 0 Å². The highest BCUT2D eigenvalue weighted by Gasteiger charge is 2.23. The molecule has 1 aromatic rings. The van der Waals surface area contributed by atoms with E-state index in [4.69, 9.17) is 0 Å². The molecule has 0 radical (unpaired) electrons. The van der Waals surface area contributed by atoms with E-state index in [1.165, 1.54) is 64.3 Å². The minimum atomic E-state index is 0.885. The molecule has 110 valence electrons. The quantitative estimate of drug-likeness (QED) is 0.812. The Morgan fingerprint density at radius 3 is 2.60 bits per heavy atom. The molecule has 2 unspecified atom stereocenters. The smallest absolute Gasteiger partial charge is 0.00208 e. The Balaban J connectivity index is 1.70. The normalized spacial score (nSPS) is 26.2. The van der Waals surface area contributed by atoms with Crippen LogP contribution in [0.1, 0.15) is 55.2 Å². The van der Waals surface area contributed by atoms with Crippen LogP contribution in [0.25, 0.3) is 0 Å². The number of aryl methyl sites for hydroxylation is 2. The zero-order chi connectivity index (χ0) is 13.8. The Morgan fingerprint density at radius 2 is 1.75 bits per heavy atom. The maximum atomic E-state index is 3.42. The van der Waals surface area contributed by atoms with Crippen LogP contribution in [0, 0.1) is 11.8 Å². The van der Waals surface area contributed by atoms with Gasteiger partial charge in [-0.05, 0) is 80.6 Å². The van der Waals surface area contributed by atoms with Gasteiger partial charge in [0, 0.05) is 0 Å². The van der Waals surface area contributed by atoms with Crippen molar-refractivity contribution in [2.75, 3.05) is 13.6 Å². The standard InChI is InChI=1S/C19H29N/c1-20-14-19-7-4-2-3-6-18(19)13-15-10-11-16-8-5-9-17(16)12-15/h10-12,18-20H,2-9,13-14H2,1H3. The molecule has 0 spiro atoms. The van der Waals surface area contributed by atoms with Crippen molar-refractivity contribution in [2.24, 2.45) is 11.8 Å². The maximum Gasteiger partial charge on any atom is -0.00208 e. The third-order valence-electron chi connectivity index (χ3n) is 5.44. The van der Waals surface area contributed by atoms with Crippen molar-refractivity contribution in [2.45, 2.75) is 57.8 Å². The number of hydrogen-bond donors (Lipinski definition) is 1. The van der Waals surface area contributed by atoms with Crippen LogP contribution < -0.4 is 5.32 Å². The van der Waals surface area contributed by atoms with Crippen LogP contribution in [0.3, 0.4) is 0 Å². The first-order valence-corrected chi connectivity index (χ1v) is 8.62. The molecule has 1 fully saturated rings. The van der Waals surface area contributed by atoms with E-state index in [1.54, 1.807) is 16.7 Å². The third kappa shape index (κ3) is 3.25. The molecular formula is C19H29N. The molecule has 2 aliphatic rings. The van der Waals surface area contributed by atoms with E-state index in [9.17, 15) is 0 Å². The number of fused-ring (bicyclic) bond motifs is 1. The summed E-state index contributed by atoms with van der Waals surface area (Å²) in [4.78, 5) is 0. The largest absolute Gasteiger partial charge is 0.319 e. The Labute approximate surface area is 124 Å². The molecule has 0 heterocycles. The van der Waals surface area contributed by atoms with E-state index in [0.29, 0.717) is 0 Å². The number of benzene rings is 1. The Hall–Kier alpha value is -0.820. The number of nitrogens with one attached hydrogen (secondary N) is 1. The monoisotopic (exact) mass is 271 g/mol. The first-order valence-electron chi connectivity index (χ1n) is 8.62. The summed E-state index contributed by atoms with van der Waals surface area (Å²) in [6.07, 6.45) is 12.5. The van der Waals surface area contributed by atoms with Gasteiger partial charge in [-0.15, -0.1) is 0 Å². The van der Waals surface area contributed by atoms with Gasteiger partial charge in [0.1, 0.15) is 0 Å². The van der Waals surface area contributed by atoms with Gasteiger partial charge >= 0.3 is 0 Å². The van der Waals surface area contributed by atoms with E-state index in [1.807, 2.05) is 0 Å². The van der Waals surface area contributed by atoms with Gasteiger partial charge in [-0.25, -0.2) is 0 Å². The van der Waals surface area contributed by atoms with E-state index in [-0.39, 0.29) is 0 Å². The Morgan fingerprint density at radius 1 is 0.950 bits per heavy atom. The van der Waals surface area contributed by atoms with Gasteiger partial charge in [-0.1, -0.05) is 37.5 Å². The summed E-state index contributed by atoms with van der Waals surface area (Å²) in [7, 11) is 2.11. The highest BCUT2D eigenvalue weighted by molar-refractivity contribution is 5.35. The summed E-state index contributed by atoms with van der Waals surface area (Å²) >= 11 is 0. The summed E-state index contributed by atoms with van der Waals surface area (Å²) in [5, 5.41) is 3.42. The maximum absolute atomic E-state index is 3.42. The second-order valence-corrected chi connectivity index (χ2v) is 6.88. The summed E-state index contributed by atoms with van der Waals surface area (Å²) < 4.78 is 0. The van der Waals surface area contributed by atoms with Gasteiger partial charge in [-0.2, -0.15) is 0 Å². The molecule has 0 aliphatic heterocycles. The van der Waals surface area contributed by atoms with Crippen LogP contribution in [-0.2, 0) is 19.3 Å². The zero-order valence-electron chi connectivity index (χ0n) is 13.0. The van der Waals surface area contributed by atoms with E-state index in [2.05, 4.69) is 30.6 Å². The highest BCUT2D eigenvalue weighted by atomic mass is 14.8. The summed E-state index contributed by atoms with van der Waals surface area (Å²) in [5.74, 6) is 1.78. The minimum absolute atomic E-state index is 0.885. The highest BCUT2D eigenvalue weighted by Crippen LogP contribution is 2.32. The first-order chi connectivity index (χ1) is 9.86. The molecule has 0 saturated heterocycles. The molecule has 2 aliphatic carbocycles. The Kier molecular flexibility index (Phi) is 4.77. The topological polar surface area (TPSA) is 12.0 Å². The summed E-state index contributed by atoms with van der Waals surface area (Å²) in [5.41, 5.74) is 4.85. The molecule has 1 saturated carbocycles. The molecule has 1 N–H and O–H groups in total. The lowest BCUT2D eigenvalue weighted by Gasteiger charge is -2.25. The fourth-order valence-corrected chi connectivity index (χ4v) is 4.32. The first kappa shape index (κ1) is 14.1. The predicted octanol–water partition coefficient (Wildman–Crippen LogP) is 4.13. The van der Waals surface area contributed by atoms with Gasteiger partial charge in [-0.3, -0.25) is 0 Å².